The molecule has 0 amide bonds. The number of fused-ring (bicyclic) bond motifs is 3. The first-order valence-electron chi connectivity index (χ1n) is 9.50. The summed E-state index contributed by atoms with van der Waals surface area (Å²) in [5.74, 6) is 2.19. The van der Waals surface area contributed by atoms with E-state index in [-0.39, 0.29) is 24.1 Å². The van der Waals surface area contributed by atoms with Gasteiger partial charge in [-0.3, -0.25) is 9.13 Å². The van der Waals surface area contributed by atoms with Crippen molar-refractivity contribution in [1.82, 2.24) is 19.1 Å². The van der Waals surface area contributed by atoms with Gasteiger partial charge in [0.1, 0.15) is 17.3 Å². The summed E-state index contributed by atoms with van der Waals surface area (Å²) in [5.41, 5.74) is 2.02. The summed E-state index contributed by atoms with van der Waals surface area (Å²) >= 11 is 0. The van der Waals surface area contributed by atoms with Crippen molar-refractivity contribution < 1.29 is 4.74 Å². The highest BCUT2D eigenvalue weighted by Gasteiger charge is 2.31. The number of anilines is 1. The number of rotatable bonds is 7. The Morgan fingerprint density at radius 2 is 2.04 bits per heavy atom. The van der Waals surface area contributed by atoms with Gasteiger partial charge in [-0.15, -0.1) is 12.4 Å². The van der Waals surface area contributed by atoms with Gasteiger partial charge in [0, 0.05) is 32.7 Å². The number of aromatic nitrogens is 4. The van der Waals surface area contributed by atoms with Crippen molar-refractivity contribution in [3.05, 3.63) is 52.2 Å². The monoisotopic (exact) mass is 403 g/mol. The van der Waals surface area contributed by atoms with E-state index in [4.69, 9.17) is 9.72 Å². The van der Waals surface area contributed by atoms with E-state index in [2.05, 4.69) is 29.4 Å². The quantitative estimate of drug-likeness (QED) is 0.656. The second-order valence-corrected chi connectivity index (χ2v) is 6.98. The zero-order valence-electron chi connectivity index (χ0n) is 16.2. The van der Waals surface area contributed by atoms with Crippen LogP contribution in [0.1, 0.15) is 24.7 Å². The Hall–Kier alpha value is -2.38. The highest BCUT2D eigenvalue weighted by molar-refractivity contribution is 5.85. The van der Waals surface area contributed by atoms with Crippen LogP contribution in [0.4, 0.5) is 5.82 Å². The lowest BCUT2D eigenvalue weighted by atomic mass is 10.1. The van der Waals surface area contributed by atoms with E-state index >= 15 is 0 Å². The van der Waals surface area contributed by atoms with Gasteiger partial charge in [-0.2, -0.15) is 0 Å². The number of benzene rings is 1. The lowest BCUT2D eigenvalue weighted by Gasteiger charge is -2.13. The number of ether oxygens (including phenoxy) is 1. The summed E-state index contributed by atoms with van der Waals surface area (Å²) in [6, 6.07) is 10.5. The molecule has 4 rings (SSSR count). The minimum absolute atomic E-state index is 0. The summed E-state index contributed by atoms with van der Waals surface area (Å²) in [4.78, 5) is 22.4. The number of imidazole rings is 1. The molecule has 0 fully saturated rings. The van der Waals surface area contributed by atoms with Crippen molar-refractivity contribution >= 4 is 18.2 Å². The largest absolute Gasteiger partial charge is 0.384 e. The van der Waals surface area contributed by atoms with Crippen LogP contribution in [0.25, 0.3) is 11.5 Å². The van der Waals surface area contributed by atoms with E-state index in [0.29, 0.717) is 31.9 Å². The van der Waals surface area contributed by atoms with Crippen LogP contribution in [0, 0.1) is 0 Å². The second kappa shape index (κ2) is 8.75. The molecule has 7 nitrogen and oxygen atoms in total. The van der Waals surface area contributed by atoms with Gasteiger partial charge in [-0.25, -0.2) is 14.8 Å². The number of methoxy groups -OCH3 is 1. The predicted octanol–water partition coefficient (Wildman–Crippen LogP) is 2.60. The number of hydrogen-bond acceptors (Lipinski definition) is 5. The van der Waals surface area contributed by atoms with Gasteiger partial charge in [-0.1, -0.05) is 37.3 Å². The predicted molar refractivity (Wildman–Crippen MR) is 112 cm³/mol. The standard InChI is InChI=1S/C20H25N5O2.ClH/c1-3-10-24-19-17(22-16(23-19)9-11-27-2)18-21-15(13-25(18)20(24)26)12-14-7-5-4-6-8-14;/h4-8,15,21H,3,9-13H2,1-2H3;1H/t15-;/m1./s1. The maximum atomic E-state index is 13.1. The van der Waals surface area contributed by atoms with Gasteiger partial charge < -0.3 is 10.1 Å². The lowest BCUT2D eigenvalue weighted by molar-refractivity contribution is 0.200. The van der Waals surface area contributed by atoms with Crippen molar-refractivity contribution in [2.24, 2.45) is 0 Å². The molecule has 0 saturated carbocycles. The second-order valence-electron chi connectivity index (χ2n) is 6.98. The average molecular weight is 404 g/mol. The van der Waals surface area contributed by atoms with Gasteiger partial charge in [-0.05, 0) is 18.4 Å². The fourth-order valence-corrected chi connectivity index (χ4v) is 3.71. The third-order valence-electron chi connectivity index (χ3n) is 4.95. The highest BCUT2D eigenvalue weighted by Crippen LogP contribution is 2.31. The first-order valence-corrected chi connectivity index (χ1v) is 9.50. The smallest absolute Gasteiger partial charge is 0.331 e. The van der Waals surface area contributed by atoms with Crippen molar-refractivity contribution in [1.29, 1.82) is 0 Å². The van der Waals surface area contributed by atoms with Crippen LogP contribution >= 0.6 is 12.4 Å². The third kappa shape index (κ3) is 3.77. The first-order chi connectivity index (χ1) is 13.2. The molecule has 0 unspecified atom stereocenters. The van der Waals surface area contributed by atoms with Gasteiger partial charge >= 0.3 is 5.69 Å². The van der Waals surface area contributed by atoms with Crippen LogP contribution in [-0.4, -0.2) is 38.9 Å². The molecule has 1 aromatic rings. The van der Waals surface area contributed by atoms with Crippen molar-refractivity contribution in [2.45, 2.75) is 45.3 Å². The number of nitrogens with one attached hydrogen (secondary N) is 1. The van der Waals surface area contributed by atoms with Crippen LogP contribution in [0.2, 0.25) is 0 Å². The third-order valence-corrected chi connectivity index (χ3v) is 4.95. The van der Waals surface area contributed by atoms with Gasteiger partial charge in [0.15, 0.2) is 5.82 Å². The highest BCUT2D eigenvalue weighted by atomic mass is 35.5. The number of halogens is 1. The van der Waals surface area contributed by atoms with Crippen LogP contribution in [0.5, 0.6) is 0 Å². The maximum absolute atomic E-state index is 13.1. The molecule has 0 spiro atoms. The van der Waals surface area contributed by atoms with E-state index in [1.54, 1.807) is 11.7 Å². The molecule has 3 aliphatic heterocycles. The Labute approximate surface area is 170 Å². The molecule has 8 heteroatoms. The molecular weight excluding hydrogens is 378 g/mol. The summed E-state index contributed by atoms with van der Waals surface area (Å²) in [6.45, 7) is 3.91. The Morgan fingerprint density at radius 1 is 1.25 bits per heavy atom. The molecule has 3 aliphatic rings. The Morgan fingerprint density at radius 3 is 2.75 bits per heavy atom. The molecule has 3 heterocycles. The van der Waals surface area contributed by atoms with Crippen LogP contribution in [0.15, 0.2) is 35.1 Å². The minimum Gasteiger partial charge on any atom is -0.384 e. The van der Waals surface area contributed by atoms with Crippen LogP contribution in [0.3, 0.4) is 0 Å². The van der Waals surface area contributed by atoms with Gasteiger partial charge in [0.2, 0.25) is 0 Å². The fraction of sp³-hybridized carbons (Fsp3) is 0.450. The number of hydrogen-bond donors (Lipinski definition) is 1. The topological polar surface area (TPSA) is 74.0 Å². The SMILES string of the molecule is CCCn1c2nc(CCOC)nc-2c2n(c1=O)C[C@@H](Cc1ccccc1)N2.Cl. The van der Waals surface area contributed by atoms with Gasteiger partial charge in [0.05, 0.1) is 6.61 Å². The van der Waals surface area contributed by atoms with Crippen molar-refractivity contribution in [3.63, 3.8) is 0 Å². The van der Waals surface area contributed by atoms with E-state index < -0.39 is 0 Å². The molecular formula is C20H26ClN5O2. The minimum atomic E-state index is -0.0133. The molecule has 1 aromatic carbocycles. The Kier molecular flexibility index (Phi) is 6.36. The molecule has 0 saturated heterocycles. The average Bonchev–Trinajstić information content (AvgIpc) is 3.28. The van der Waals surface area contributed by atoms with Crippen molar-refractivity contribution in [3.8, 4) is 11.5 Å². The van der Waals surface area contributed by atoms with Crippen LogP contribution in [-0.2, 0) is 30.7 Å². The summed E-state index contributed by atoms with van der Waals surface area (Å²) < 4.78 is 8.73. The molecule has 28 heavy (non-hydrogen) atoms. The summed E-state index contributed by atoms with van der Waals surface area (Å²) in [5, 5.41) is 3.52. The zero-order chi connectivity index (χ0) is 18.8. The molecule has 0 aliphatic carbocycles. The van der Waals surface area contributed by atoms with Crippen molar-refractivity contribution in [2.75, 3.05) is 19.0 Å². The molecule has 1 atom stereocenters. The molecule has 0 bridgehead atoms. The number of nitrogens with zero attached hydrogens (tertiary/aromatic N) is 4. The Bertz CT molecular complexity index is 953. The van der Waals surface area contributed by atoms with Crippen LogP contribution < -0.4 is 11.0 Å². The van der Waals surface area contributed by atoms with E-state index in [1.807, 2.05) is 22.8 Å². The maximum Gasteiger partial charge on any atom is 0.331 e. The van der Waals surface area contributed by atoms with E-state index in [9.17, 15) is 4.79 Å². The summed E-state index contributed by atoms with van der Waals surface area (Å²) in [7, 11) is 1.67. The molecule has 0 radical (unpaired) electrons. The Balaban J connectivity index is 0.00000225. The molecule has 150 valence electrons. The van der Waals surface area contributed by atoms with E-state index in [1.165, 1.54) is 5.56 Å². The van der Waals surface area contributed by atoms with Gasteiger partial charge in [0.25, 0.3) is 0 Å². The first kappa shape index (κ1) is 20.4. The molecule has 1 N–H and O–H groups in total. The lowest BCUT2D eigenvalue weighted by Crippen LogP contribution is -2.32. The molecule has 0 aromatic heterocycles. The zero-order valence-corrected chi connectivity index (χ0v) is 17.0. The summed E-state index contributed by atoms with van der Waals surface area (Å²) in [6.07, 6.45) is 2.37. The fourth-order valence-electron chi connectivity index (χ4n) is 3.71. The van der Waals surface area contributed by atoms with E-state index in [0.717, 1.165) is 30.2 Å². The normalized spacial score (nSPS) is 15.3.